The van der Waals surface area contributed by atoms with Crippen molar-refractivity contribution in [3.63, 3.8) is 0 Å². The molecule has 0 saturated heterocycles. The average molecular weight is 398 g/mol. The maximum atomic E-state index is 12.0. The van der Waals surface area contributed by atoms with Crippen LogP contribution in [0.4, 0.5) is 5.82 Å². The van der Waals surface area contributed by atoms with Gasteiger partial charge in [0.1, 0.15) is 11.7 Å². The van der Waals surface area contributed by atoms with Gasteiger partial charge in [0.2, 0.25) is 0 Å². The van der Waals surface area contributed by atoms with Gasteiger partial charge in [0.05, 0.1) is 18.1 Å². The third-order valence-corrected chi connectivity index (χ3v) is 5.09. The monoisotopic (exact) mass is 398 g/mol. The van der Waals surface area contributed by atoms with Crippen LogP contribution in [0.1, 0.15) is 34.3 Å². The lowest BCUT2D eigenvalue weighted by Gasteiger charge is -2.19. The molecule has 0 amide bonds. The van der Waals surface area contributed by atoms with Crippen LogP contribution in [0.2, 0.25) is 0 Å². The number of benzene rings is 2. The summed E-state index contributed by atoms with van der Waals surface area (Å²) in [5.74, 6) is -1.29. The number of nitrogens with two attached hydrogens (primary N) is 1. The second-order valence-corrected chi connectivity index (χ2v) is 7.16. The molecule has 1 atom stereocenters. The number of carboxylic acid groups (broad SMARTS) is 1. The largest absolute Gasteiger partial charge is 0.481 e. The minimum absolute atomic E-state index is 0.0960. The van der Waals surface area contributed by atoms with Crippen molar-refractivity contribution in [1.29, 1.82) is 0 Å². The van der Waals surface area contributed by atoms with Crippen LogP contribution >= 0.6 is 0 Å². The van der Waals surface area contributed by atoms with E-state index in [2.05, 4.69) is 34.2 Å². The smallest absolute Gasteiger partial charge is 0.312 e. The van der Waals surface area contributed by atoms with Gasteiger partial charge >= 0.3 is 5.97 Å². The van der Waals surface area contributed by atoms with E-state index in [0.29, 0.717) is 17.9 Å². The van der Waals surface area contributed by atoms with Gasteiger partial charge in [-0.2, -0.15) is 0 Å². The molecule has 4 aromatic rings. The van der Waals surface area contributed by atoms with Crippen molar-refractivity contribution in [2.24, 2.45) is 0 Å². The maximum Gasteiger partial charge on any atom is 0.312 e. The zero-order valence-corrected chi connectivity index (χ0v) is 16.3. The van der Waals surface area contributed by atoms with Crippen LogP contribution in [-0.4, -0.2) is 25.6 Å². The summed E-state index contributed by atoms with van der Waals surface area (Å²) in [6, 6.07) is 23.6. The van der Waals surface area contributed by atoms with Crippen molar-refractivity contribution >= 4 is 11.8 Å². The molecule has 0 aliphatic rings. The van der Waals surface area contributed by atoms with Gasteiger partial charge < -0.3 is 15.4 Å². The van der Waals surface area contributed by atoms with Crippen LogP contribution in [0.5, 0.6) is 0 Å². The number of aromatic nitrogens is 3. The number of imidazole rings is 1. The molecular formula is C24H22N4O2. The highest BCUT2D eigenvalue weighted by molar-refractivity contribution is 5.75. The molecule has 0 aliphatic heterocycles. The number of carboxylic acids is 1. The van der Waals surface area contributed by atoms with E-state index in [4.69, 9.17) is 5.73 Å². The summed E-state index contributed by atoms with van der Waals surface area (Å²) in [5, 5.41) is 9.83. The highest BCUT2D eigenvalue weighted by atomic mass is 16.4. The second kappa shape index (κ2) is 8.61. The Balaban J connectivity index is 1.69. The molecule has 2 heterocycles. The molecule has 3 N–H and O–H groups in total. The molecule has 1 unspecified atom stereocenters. The fourth-order valence-corrected chi connectivity index (χ4v) is 3.59. The highest BCUT2D eigenvalue weighted by Gasteiger charge is 2.25. The van der Waals surface area contributed by atoms with Gasteiger partial charge in [0.15, 0.2) is 0 Å². The van der Waals surface area contributed by atoms with Crippen molar-refractivity contribution in [1.82, 2.24) is 14.5 Å². The first-order valence-electron chi connectivity index (χ1n) is 9.68. The van der Waals surface area contributed by atoms with E-state index in [0.717, 1.165) is 16.7 Å². The van der Waals surface area contributed by atoms with E-state index >= 15 is 0 Å². The molecule has 0 aliphatic carbocycles. The minimum Gasteiger partial charge on any atom is -0.481 e. The first-order chi connectivity index (χ1) is 14.6. The number of nitrogen functional groups attached to an aromatic ring is 1. The number of pyridine rings is 1. The van der Waals surface area contributed by atoms with Crippen LogP contribution in [0.3, 0.4) is 0 Å². The van der Waals surface area contributed by atoms with Crippen molar-refractivity contribution in [2.45, 2.75) is 18.4 Å². The van der Waals surface area contributed by atoms with Crippen molar-refractivity contribution in [3.8, 4) is 0 Å². The van der Waals surface area contributed by atoms with Gasteiger partial charge in [-0.15, -0.1) is 0 Å². The molecule has 0 saturated carbocycles. The first kappa shape index (κ1) is 19.4. The summed E-state index contributed by atoms with van der Waals surface area (Å²) >= 11 is 0. The van der Waals surface area contributed by atoms with Crippen LogP contribution in [0, 0.1) is 0 Å². The van der Waals surface area contributed by atoms with Crippen LogP contribution in [0.15, 0.2) is 91.5 Å². The van der Waals surface area contributed by atoms with Crippen LogP contribution < -0.4 is 5.73 Å². The number of rotatable bonds is 7. The lowest BCUT2D eigenvalue weighted by Crippen LogP contribution is -2.15. The molecule has 0 fully saturated rings. The molecule has 0 bridgehead atoms. The van der Waals surface area contributed by atoms with Crippen LogP contribution in [-0.2, 0) is 11.2 Å². The molecule has 150 valence electrons. The molecule has 6 heteroatoms. The lowest BCUT2D eigenvalue weighted by molar-refractivity contribution is -0.138. The molecule has 6 nitrogen and oxygen atoms in total. The fourth-order valence-electron chi connectivity index (χ4n) is 3.59. The summed E-state index contributed by atoms with van der Waals surface area (Å²) in [5.41, 5.74) is 9.14. The fraction of sp³-hybridized carbons (Fsp3) is 0.125. The third kappa shape index (κ3) is 4.22. The Kier molecular flexibility index (Phi) is 5.57. The summed E-state index contributed by atoms with van der Waals surface area (Å²) in [4.78, 5) is 20.5. The molecule has 4 rings (SSSR count). The van der Waals surface area contributed by atoms with Crippen molar-refractivity contribution in [2.75, 3.05) is 5.73 Å². The van der Waals surface area contributed by atoms with Gasteiger partial charge in [-0.3, -0.25) is 4.79 Å². The minimum atomic E-state index is -0.923. The Morgan fingerprint density at radius 2 is 1.57 bits per heavy atom. The highest BCUT2D eigenvalue weighted by Crippen LogP contribution is 2.28. The van der Waals surface area contributed by atoms with Gasteiger partial charge in [-0.25, -0.2) is 9.97 Å². The molecule has 0 radical (unpaired) electrons. The number of nitrogens with zero attached hydrogens (tertiary/aromatic N) is 3. The number of hydrogen-bond donors (Lipinski definition) is 2. The molecule has 2 aromatic carbocycles. The van der Waals surface area contributed by atoms with E-state index in [1.54, 1.807) is 24.7 Å². The van der Waals surface area contributed by atoms with Crippen LogP contribution in [0.25, 0.3) is 0 Å². The summed E-state index contributed by atoms with van der Waals surface area (Å²) < 4.78 is 1.97. The molecular weight excluding hydrogens is 376 g/mol. The quantitative estimate of drug-likeness (QED) is 0.492. The zero-order chi connectivity index (χ0) is 20.9. The number of carbonyl (C=O) groups is 1. The zero-order valence-electron chi connectivity index (χ0n) is 16.3. The Morgan fingerprint density at radius 3 is 2.10 bits per heavy atom. The summed E-state index contributed by atoms with van der Waals surface area (Å²) in [6.07, 6.45) is 5.44. The van der Waals surface area contributed by atoms with Crippen molar-refractivity contribution < 1.29 is 9.90 Å². The Labute approximate surface area is 174 Å². The SMILES string of the molecule is Nc1ccc(CC(C(=O)O)c2cn(C(c3ccccc3)c3ccccc3)cn2)cn1. The number of hydrogen-bond acceptors (Lipinski definition) is 4. The lowest BCUT2D eigenvalue weighted by atomic mass is 9.97. The predicted molar refractivity (Wildman–Crippen MR) is 115 cm³/mol. The van der Waals surface area contributed by atoms with Gasteiger partial charge in [0, 0.05) is 12.4 Å². The van der Waals surface area contributed by atoms with Gasteiger partial charge in [-0.1, -0.05) is 66.7 Å². The predicted octanol–water partition coefficient (Wildman–Crippen LogP) is 3.91. The summed E-state index contributed by atoms with van der Waals surface area (Å²) in [6.45, 7) is 0. The Morgan fingerprint density at radius 1 is 0.933 bits per heavy atom. The van der Waals surface area contributed by atoms with Gasteiger partial charge in [-0.05, 0) is 29.2 Å². The van der Waals surface area contributed by atoms with E-state index in [1.165, 1.54) is 0 Å². The second-order valence-electron chi connectivity index (χ2n) is 7.16. The first-order valence-corrected chi connectivity index (χ1v) is 9.68. The normalized spacial score (nSPS) is 12.0. The maximum absolute atomic E-state index is 12.0. The number of anilines is 1. The van der Waals surface area contributed by atoms with E-state index in [9.17, 15) is 9.90 Å². The average Bonchev–Trinajstić information content (AvgIpc) is 3.24. The third-order valence-electron chi connectivity index (χ3n) is 5.09. The topological polar surface area (TPSA) is 94.0 Å². The summed E-state index contributed by atoms with van der Waals surface area (Å²) in [7, 11) is 0. The molecule has 0 spiro atoms. The number of aliphatic carboxylic acids is 1. The molecule has 30 heavy (non-hydrogen) atoms. The standard InChI is InChI=1S/C24H22N4O2/c25-22-12-11-17(14-26-22)13-20(24(29)30)21-15-28(16-27-21)23(18-7-3-1-4-8-18)19-9-5-2-6-10-19/h1-12,14-16,20,23H,13H2,(H2,25,26)(H,29,30). The van der Waals surface area contributed by atoms with E-state index < -0.39 is 11.9 Å². The van der Waals surface area contributed by atoms with E-state index in [-0.39, 0.29) is 6.04 Å². The van der Waals surface area contributed by atoms with Crippen molar-refractivity contribution in [3.05, 3.63) is 114 Å². The Hall–Kier alpha value is -3.93. The Bertz CT molecular complexity index is 1070. The molecule has 2 aromatic heterocycles. The van der Waals surface area contributed by atoms with E-state index in [1.807, 2.05) is 47.2 Å². The van der Waals surface area contributed by atoms with Gasteiger partial charge in [0.25, 0.3) is 0 Å².